The standard InChI is InChI=1S/C18H33N3O2.ClH/c1-20-13-14-21(18(20)15-19-22)16-23-17-11-9-7-5-3-2-4-6-8-10-12-17;/h13-15,17-18,22H,2-12,16H2,1H3;1H/b19-15-;. The van der Waals surface area contributed by atoms with E-state index in [0.29, 0.717) is 12.8 Å². The molecule has 24 heavy (non-hydrogen) atoms. The van der Waals surface area contributed by atoms with E-state index in [2.05, 4.69) is 11.4 Å². The van der Waals surface area contributed by atoms with Gasteiger partial charge in [-0.15, -0.1) is 0 Å². The van der Waals surface area contributed by atoms with Crippen molar-refractivity contribution < 1.29 is 27.3 Å². The van der Waals surface area contributed by atoms with Crippen LogP contribution in [0, 0.1) is 0 Å². The van der Waals surface area contributed by atoms with E-state index < -0.39 is 0 Å². The number of rotatable bonds is 4. The second-order valence-corrected chi connectivity index (χ2v) is 6.96. The Labute approximate surface area is 153 Å². The Hall–Kier alpha value is -0.780. The zero-order valence-corrected chi connectivity index (χ0v) is 15.8. The molecule has 2 aliphatic rings. The van der Waals surface area contributed by atoms with E-state index in [0.717, 1.165) is 0 Å². The van der Waals surface area contributed by atoms with Crippen LogP contribution in [0.5, 0.6) is 0 Å². The predicted octanol–water partition coefficient (Wildman–Crippen LogP) is -0.275. The lowest BCUT2D eigenvalue weighted by molar-refractivity contribution is -0.886. The first-order chi connectivity index (χ1) is 11.3. The van der Waals surface area contributed by atoms with Crippen molar-refractivity contribution in [2.24, 2.45) is 5.16 Å². The van der Waals surface area contributed by atoms with Gasteiger partial charge in [0.05, 0.1) is 12.3 Å². The largest absolute Gasteiger partial charge is 1.00 e. The number of hydrogen-bond donors (Lipinski definition) is 2. The number of oxime groups is 1. The molecule has 0 saturated heterocycles. The summed E-state index contributed by atoms with van der Waals surface area (Å²) in [6.45, 7) is 0.641. The quantitative estimate of drug-likeness (QED) is 0.412. The summed E-state index contributed by atoms with van der Waals surface area (Å²) in [6.07, 6.45) is 20.7. The number of ether oxygens (including phenoxy) is 1. The first-order valence-electron chi connectivity index (χ1n) is 9.36. The Morgan fingerprint density at radius 2 is 1.62 bits per heavy atom. The maximum Gasteiger partial charge on any atom is 0.209 e. The minimum absolute atomic E-state index is 0. The summed E-state index contributed by atoms with van der Waals surface area (Å²) in [5, 5.41) is 12.0. The Morgan fingerprint density at radius 3 is 2.17 bits per heavy atom. The van der Waals surface area contributed by atoms with Crippen molar-refractivity contribution in [3.05, 3.63) is 12.4 Å². The van der Waals surface area contributed by atoms with Crippen molar-refractivity contribution in [3.8, 4) is 0 Å². The molecule has 1 aliphatic heterocycles. The molecule has 140 valence electrons. The first kappa shape index (κ1) is 21.3. The molecule has 2 rings (SSSR count). The summed E-state index contributed by atoms with van der Waals surface area (Å²) in [5.41, 5.74) is 0. The van der Waals surface area contributed by atoms with Crippen LogP contribution in [0.15, 0.2) is 17.6 Å². The van der Waals surface area contributed by atoms with E-state index in [4.69, 9.17) is 9.94 Å². The Balaban J connectivity index is 0.00000288. The van der Waals surface area contributed by atoms with E-state index in [1.54, 1.807) is 6.21 Å². The maximum atomic E-state index is 8.82. The molecular formula is C18H34ClN3O2. The van der Waals surface area contributed by atoms with Gasteiger partial charge in [-0.3, -0.25) is 4.90 Å². The lowest BCUT2D eigenvalue weighted by Gasteiger charge is -2.24. The van der Waals surface area contributed by atoms with Crippen molar-refractivity contribution in [1.82, 2.24) is 4.90 Å². The smallest absolute Gasteiger partial charge is 0.209 e. The summed E-state index contributed by atoms with van der Waals surface area (Å²) in [5.74, 6) is 0. The van der Waals surface area contributed by atoms with Crippen LogP contribution >= 0.6 is 0 Å². The molecule has 2 atom stereocenters. The number of nitrogens with one attached hydrogen (secondary N) is 1. The molecule has 1 heterocycles. The van der Waals surface area contributed by atoms with Crippen molar-refractivity contribution in [3.63, 3.8) is 0 Å². The highest BCUT2D eigenvalue weighted by Gasteiger charge is 2.28. The topological polar surface area (TPSA) is 49.5 Å². The third kappa shape index (κ3) is 7.41. The Morgan fingerprint density at radius 1 is 1.08 bits per heavy atom. The molecule has 0 amide bonds. The molecule has 2 unspecified atom stereocenters. The summed E-state index contributed by atoms with van der Waals surface area (Å²) in [7, 11) is 1.99. The SMILES string of the molecule is CN1C=C[NH+](COC2CCCCCCCCCCC2)C1/C=N\O.[Cl-]. The molecule has 1 fully saturated rings. The van der Waals surface area contributed by atoms with E-state index in [1.165, 1.54) is 75.5 Å². The molecular weight excluding hydrogens is 326 g/mol. The van der Waals surface area contributed by atoms with Crippen LogP contribution in [0.2, 0.25) is 0 Å². The first-order valence-corrected chi connectivity index (χ1v) is 9.36. The minimum atomic E-state index is 0. The zero-order chi connectivity index (χ0) is 16.3. The molecule has 1 saturated carbocycles. The Kier molecular flexibility index (Phi) is 11.1. The van der Waals surface area contributed by atoms with Gasteiger partial charge in [0.1, 0.15) is 12.4 Å². The van der Waals surface area contributed by atoms with Gasteiger partial charge in [-0.05, 0) is 12.8 Å². The highest BCUT2D eigenvalue weighted by molar-refractivity contribution is 5.61. The lowest BCUT2D eigenvalue weighted by Crippen LogP contribution is -3.12. The van der Waals surface area contributed by atoms with Crippen LogP contribution in [0.25, 0.3) is 0 Å². The molecule has 0 radical (unpaired) electrons. The molecule has 0 aromatic rings. The van der Waals surface area contributed by atoms with Crippen molar-refractivity contribution >= 4 is 6.21 Å². The van der Waals surface area contributed by atoms with Crippen LogP contribution in [-0.2, 0) is 4.74 Å². The van der Waals surface area contributed by atoms with Crippen LogP contribution in [0.1, 0.15) is 70.6 Å². The number of halogens is 1. The molecule has 0 spiro atoms. The van der Waals surface area contributed by atoms with Crippen molar-refractivity contribution in [2.75, 3.05) is 13.8 Å². The maximum absolute atomic E-state index is 8.82. The number of quaternary nitrogens is 1. The molecule has 6 heteroatoms. The second kappa shape index (κ2) is 12.6. The van der Waals surface area contributed by atoms with Crippen molar-refractivity contribution in [1.29, 1.82) is 0 Å². The van der Waals surface area contributed by atoms with Gasteiger partial charge in [0, 0.05) is 7.05 Å². The third-order valence-electron chi connectivity index (χ3n) is 5.09. The highest BCUT2D eigenvalue weighted by atomic mass is 35.5. The fourth-order valence-corrected chi connectivity index (χ4v) is 3.57. The van der Waals surface area contributed by atoms with Gasteiger partial charge in [-0.25, -0.2) is 0 Å². The molecule has 1 aliphatic carbocycles. The number of nitrogens with zero attached hydrogens (tertiary/aromatic N) is 2. The Bertz CT molecular complexity index is 367. The van der Waals surface area contributed by atoms with Gasteiger partial charge in [0.15, 0.2) is 6.73 Å². The summed E-state index contributed by atoms with van der Waals surface area (Å²) in [6, 6.07) is 0. The van der Waals surface area contributed by atoms with Gasteiger partial charge in [-0.2, -0.15) is 0 Å². The average Bonchev–Trinajstić information content (AvgIpc) is 2.88. The predicted molar refractivity (Wildman–Crippen MR) is 92.5 cm³/mol. The normalized spacial score (nSPS) is 27.6. The van der Waals surface area contributed by atoms with Crippen LogP contribution < -0.4 is 17.3 Å². The summed E-state index contributed by atoms with van der Waals surface area (Å²) in [4.78, 5) is 3.22. The van der Waals surface area contributed by atoms with E-state index in [9.17, 15) is 0 Å². The molecule has 0 aromatic heterocycles. The molecule has 0 aromatic carbocycles. The van der Waals surface area contributed by atoms with Gasteiger partial charge < -0.3 is 27.3 Å². The molecule has 0 bridgehead atoms. The van der Waals surface area contributed by atoms with Crippen molar-refractivity contribution in [2.45, 2.75) is 82.9 Å². The summed E-state index contributed by atoms with van der Waals surface area (Å²) >= 11 is 0. The fourth-order valence-electron chi connectivity index (χ4n) is 3.57. The minimum Gasteiger partial charge on any atom is -1.00 e. The zero-order valence-electron chi connectivity index (χ0n) is 15.0. The van der Waals surface area contributed by atoms with E-state index >= 15 is 0 Å². The second-order valence-electron chi connectivity index (χ2n) is 6.96. The molecule has 2 N–H and O–H groups in total. The average molecular weight is 360 g/mol. The summed E-state index contributed by atoms with van der Waals surface area (Å²) < 4.78 is 6.24. The fraction of sp³-hybridized carbons (Fsp3) is 0.833. The monoisotopic (exact) mass is 359 g/mol. The van der Waals surface area contributed by atoms with Gasteiger partial charge in [0.2, 0.25) is 6.17 Å². The third-order valence-corrected chi connectivity index (χ3v) is 5.09. The van der Waals surface area contributed by atoms with Gasteiger partial charge >= 0.3 is 0 Å². The molecule has 5 nitrogen and oxygen atoms in total. The van der Waals surface area contributed by atoms with Crippen LogP contribution in [0.4, 0.5) is 0 Å². The van der Waals surface area contributed by atoms with Crippen LogP contribution in [0.3, 0.4) is 0 Å². The number of hydrogen-bond acceptors (Lipinski definition) is 4. The van der Waals surface area contributed by atoms with E-state index in [-0.39, 0.29) is 18.6 Å². The van der Waals surface area contributed by atoms with Gasteiger partial charge in [-0.1, -0.05) is 62.9 Å². The highest BCUT2D eigenvalue weighted by Crippen LogP contribution is 2.18. The lowest BCUT2D eigenvalue weighted by atomic mass is 9.99. The van der Waals surface area contributed by atoms with E-state index in [1.807, 2.05) is 18.1 Å². The van der Waals surface area contributed by atoms with Crippen LogP contribution in [-0.4, -0.2) is 42.4 Å². The van der Waals surface area contributed by atoms with Gasteiger partial charge in [0.25, 0.3) is 0 Å².